The number of pyridine rings is 1. The van der Waals surface area contributed by atoms with E-state index in [2.05, 4.69) is 75.5 Å². The summed E-state index contributed by atoms with van der Waals surface area (Å²) in [6, 6.07) is 2.07. The quantitative estimate of drug-likeness (QED) is 0.609. The highest BCUT2D eigenvalue weighted by atomic mass is 79.9. The van der Waals surface area contributed by atoms with Crippen molar-refractivity contribution >= 4 is 37.7 Å². The molecule has 2 nitrogen and oxygen atoms in total. The van der Waals surface area contributed by atoms with Crippen LogP contribution in [0.25, 0.3) is 0 Å². The lowest BCUT2D eigenvalue weighted by atomic mass is 10.1. The molecule has 0 unspecified atom stereocenters. The minimum absolute atomic E-state index is 0.718. The van der Waals surface area contributed by atoms with Crippen molar-refractivity contribution in [3.63, 3.8) is 0 Å². The molecule has 1 aromatic heterocycles. The van der Waals surface area contributed by atoms with Gasteiger partial charge < -0.3 is 4.90 Å². The summed E-state index contributed by atoms with van der Waals surface area (Å²) in [6.45, 7) is 11.2. The van der Waals surface area contributed by atoms with Gasteiger partial charge in [0.05, 0.1) is 4.47 Å². The lowest BCUT2D eigenvalue weighted by Crippen LogP contribution is -2.28. The maximum atomic E-state index is 4.57. The first kappa shape index (κ1) is 17.0. The monoisotopic (exact) mass is 390 g/mol. The van der Waals surface area contributed by atoms with E-state index in [4.69, 9.17) is 0 Å². The molecule has 0 saturated heterocycles. The molecule has 0 aromatic carbocycles. The van der Waals surface area contributed by atoms with Gasteiger partial charge in [-0.15, -0.1) is 0 Å². The fraction of sp³-hybridized carbons (Fsp3) is 0.667. The minimum atomic E-state index is 0.718. The Labute approximate surface area is 134 Å². The van der Waals surface area contributed by atoms with E-state index in [1.165, 1.54) is 12.8 Å². The molecule has 0 atom stereocenters. The summed E-state index contributed by atoms with van der Waals surface area (Å²) in [6.07, 6.45) is 4.27. The number of rotatable bonds is 7. The molecule has 0 N–H and O–H groups in total. The highest BCUT2D eigenvalue weighted by molar-refractivity contribution is 9.11. The summed E-state index contributed by atoms with van der Waals surface area (Å²) in [5.41, 5.74) is 0. The zero-order valence-electron chi connectivity index (χ0n) is 12.3. The van der Waals surface area contributed by atoms with E-state index in [0.717, 1.165) is 39.7 Å². The molecule has 1 aromatic rings. The van der Waals surface area contributed by atoms with Crippen LogP contribution in [0.15, 0.2) is 21.2 Å². The van der Waals surface area contributed by atoms with Gasteiger partial charge in [0.15, 0.2) is 0 Å². The average Bonchev–Trinajstić information content (AvgIpc) is 2.30. The Hall–Kier alpha value is -0.0900. The molecule has 0 amide bonds. The van der Waals surface area contributed by atoms with Crippen LogP contribution in [-0.4, -0.2) is 18.1 Å². The molecule has 0 aliphatic carbocycles. The third-order valence-corrected chi connectivity index (χ3v) is 4.06. The lowest BCUT2D eigenvalue weighted by Gasteiger charge is -2.26. The normalized spacial score (nSPS) is 11.4. The Morgan fingerprint density at radius 3 is 2.00 bits per heavy atom. The fourth-order valence-electron chi connectivity index (χ4n) is 1.79. The van der Waals surface area contributed by atoms with Crippen LogP contribution in [0, 0.1) is 11.8 Å². The maximum absolute atomic E-state index is 4.57. The number of aromatic nitrogens is 1. The molecule has 0 aliphatic heterocycles. The van der Waals surface area contributed by atoms with Gasteiger partial charge in [0.25, 0.3) is 0 Å². The molecule has 19 heavy (non-hydrogen) atoms. The standard InChI is InChI=1S/C15H24Br2N2/c1-11(2)5-7-19(8-6-12(3)4)15-14(17)9-13(16)10-18-15/h9-12H,5-8H2,1-4H3. The van der Waals surface area contributed by atoms with Gasteiger partial charge in [-0.1, -0.05) is 27.7 Å². The van der Waals surface area contributed by atoms with Gasteiger partial charge in [-0.25, -0.2) is 4.98 Å². The van der Waals surface area contributed by atoms with E-state index in [0.29, 0.717) is 0 Å². The van der Waals surface area contributed by atoms with Crippen LogP contribution in [0.3, 0.4) is 0 Å². The van der Waals surface area contributed by atoms with Crippen LogP contribution >= 0.6 is 31.9 Å². The first-order chi connectivity index (χ1) is 8.90. The molecule has 108 valence electrons. The predicted octanol–water partition coefficient (Wildman–Crippen LogP) is 5.51. The fourth-order valence-corrected chi connectivity index (χ4v) is 3.03. The molecule has 0 spiro atoms. The zero-order chi connectivity index (χ0) is 14.4. The third-order valence-electron chi connectivity index (χ3n) is 3.04. The minimum Gasteiger partial charge on any atom is -0.356 e. The number of hydrogen-bond acceptors (Lipinski definition) is 2. The van der Waals surface area contributed by atoms with Crippen molar-refractivity contribution in [3.8, 4) is 0 Å². The van der Waals surface area contributed by atoms with Crippen LogP contribution in [0.4, 0.5) is 5.82 Å². The topological polar surface area (TPSA) is 16.1 Å². The maximum Gasteiger partial charge on any atom is 0.142 e. The molecule has 1 heterocycles. The molecular formula is C15H24Br2N2. The van der Waals surface area contributed by atoms with E-state index < -0.39 is 0 Å². The Balaban J connectivity index is 2.81. The van der Waals surface area contributed by atoms with Crippen molar-refractivity contribution in [3.05, 3.63) is 21.2 Å². The smallest absolute Gasteiger partial charge is 0.142 e. The number of anilines is 1. The van der Waals surface area contributed by atoms with E-state index in [1.807, 2.05) is 6.20 Å². The lowest BCUT2D eigenvalue weighted by molar-refractivity contribution is 0.532. The molecule has 0 fully saturated rings. The van der Waals surface area contributed by atoms with E-state index in [9.17, 15) is 0 Å². The Morgan fingerprint density at radius 1 is 1.05 bits per heavy atom. The summed E-state index contributed by atoms with van der Waals surface area (Å²) in [5.74, 6) is 2.50. The van der Waals surface area contributed by atoms with Gasteiger partial charge in [0.2, 0.25) is 0 Å². The molecule has 1 rings (SSSR count). The molecule has 0 bridgehead atoms. The summed E-state index contributed by atoms with van der Waals surface area (Å²) in [4.78, 5) is 6.97. The molecule has 4 heteroatoms. The van der Waals surface area contributed by atoms with Gasteiger partial charge in [-0.05, 0) is 62.6 Å². The Morgan fingerprint density at radius 2 is 1.58 bits per heavy atom. The van der Waals surface area contributed by atoms with Crippen molar-refractivity contribution in [1.29, 1.82) is 0 Å². The van der Waals surface area contributed by atoms with Gasteiger partial charge in [0, 0.05) is 23.8 Å². The van der Waals surface area contributed by atoms with E-state index >= 15 is 0 Å². The zero-order valence-corrected chi connectivity index (χ0v) is 15.5. The van der Waals surface area contributed by atoms with Crippen LogP contribution in [0.2, 0.25) is 0 Å². The predicted molar refractivity (Wildman–Crippen MR) is 90.8 cm³/mol. The van der Waals surface area contributed by atoms with Gasteiger partial charge in [-0.3, -0.25) is 0 Å². The summed E-state index contributed by atoms with van der Waals surface area (Å²) >= 11 is 7.09. The molecule has 0 saturated carbocycles. The first-order valence-electron chi connectivity index (χ1n) is 6.96. The molecule has 0 aliphatic rings. The van der Waals surface area contributed by atoms with Crippen LogP contribution in [-0.2, 0) is 0 Å². The summed E-state index contributed by atoms with van der Waals surface area (Å²) in [7, 11) is 0. The second-order valence-corrected chi connectivity index (χ2v) is 7.58. The largest absolute Gasteiger partial charge is 0.356 e. The number of hydrogen-bond donors (Lipinski definition) is 0. The van der Waals surface area contributed by atoms with Crippen LogP contribution in [0.1, 0.15) is 40.5 Å². The van der Waals surface area contributed by atoms with E-state index in [-0.39, 0.29) is 0 Å². The summed E-state index contributed by atoms with van der Waals surface area (Å²) < 4.78 is 2.07. The van der Waals surface area contributed by atoms with Gasteiger partial charge in [-0.2, -0.15) is 0 Å². The highest BCUT2D eigenvalue weighted by Crippen LogP contribution is 2.27. The van der Waals surface area contributed by atoms with Crippen molar-refractivity contribution in [2.75, 3.05) is 18.0 Å². The van der Waals surface area contributed by atoms with E-state index in [1.54, 1.807) is 0 Å². The second-order valence-electron chi connectivity index (χ2n) is 5.81. The third kappa shape index (κ3) is 6.26. The van der Waals surface area contributed by atoms with Gasteiger partial charge >= 0.3 is 0 Å². The number of halogens is 2. The van der Waals surface area contributed by atoms with Crippen LogP contribution < -0.4 is 4.90 Å². The SMILES string of the molecule is CC(C)CCN(CCC(C)C)c1ncc(Br)cc1Br. The number of nitrogens with zero attached hydrogens (tertiary/aromatic N) is 2. The van der Waals surface area contributed by atoms with Crippen molar-refractivity contribution in [1.82, 2.24) is 4.98 Å². The first-order valence-corrected chi connectivity index (χ1v) is 8.54. The Bertz CT molecular complexity index is 380. The van der Waals surface area contributed by atoms with Gasteiger partial charge in [0.1, 0.15) is 5.82 Å². The highest BCUT2D eigenvalue weighted by Gasteiger charge is 2.13. The average molecular weight is 392 g/mol. The van der Waals surface area contributed by atoms with Crippen molar-refractivity contribution in [2.24, 2.45) is 11.8 Å². The molecular weight excluding hydrogens is 368 g/mol. The van der Waals surface area contributed by atoms with Crippen molar-refractivity contribution in [2.45, 2.75) is 40.5 Å². The van der Waals surface area contributed by atoms with Crippen molar-refractivity contribution < 1.29 is 0 Å². The molecule has 0 radical (unpaired) electrons. The second kappa shape index (κ2) is 8.25. The summed E-state index contributed by atoms with van der Waals surface area (Å²) in [5, 5.41) is 0. The Kier molecular flexibility index (Phi) is 7.37. The van der Waals surface area contributed by atoms with Crippen LogP contribution in [0.5, 0.6) is 0 Å².